The second-order valence-electron chi connectivity index (χ2n) is 9.29. The first-order chi connectivity index (χ1) is 17.0. The Balaban J connectivity index is 1.47. The summed E-state index contributed by atoms with van der Waals surface area (Å²) in [4.78, 5) is 20.0. The van der Waals surface area contributed by atoms with E-state index in [4.69, 9.17) is 0 Å². The molecule has 7 heteroatoms. The number of urea groups is 1. The van der Waals surface area contributed by atoms with Gasteiger partial charge in [0.1, 0.15) is 0 Å². The quantitative estimate of drug-likeness (QED) is 0.276. The third-order valence-electron chi connectivity index (χ3n) is 6.19. The summed E-state index contributed by atoms with van der Waals surface area (Å²) in [6.07, 6.45) is 8.23. The van der Waals surface area contributed by atoms with Gasteiger partial charge in [0, 0.05) is 41.6 Å². The number of para-hydroxylation sites is 1. The molecule has 0 saturated heterocycles. The molecule has 2 aromatic carbocycles. The molecule has 0 spiro atoms. The van der Waals surface area contributed by atoms with Crippen molar-refractivity contribution in [2.45, 2.75) is 59.0 Å². The van der Waals surface area contributed by atoms with E-state index in [-0.39, 0.29) is 6.03 Å². The normalized spacial score (nSPS) is 12.2. The summed E-state index contributed by atoms with van der Waals surface area (Å²) in [5.74, 6) is 0. The van der Waals surface area contributed by atoms with Gasteiger partial charge < -0.3 is 15.6 Å². The van der Waals surface area contributed by atoms with Crippen LogP contribution in [0.3, 0.4) is 0 Å². The molecule has 4 rings (SSSR count). The highest BCUT2D eigenvalue weighted by molar-refractivity contribution is 6.07. The lowest BCUT2D eigenvalue weighted by molar-refractivity contribution is 0.248. The standard InChI is InChI=1S/C28H36N6O/c1-4-5-6-14-30-28(35)32-23-10-8-11-24-25-12-7-9-22(27(25)33-26(24)16-23)18-29-15-13-21-17-31-34(19-21)20(2)3/h7-12,16-17,19-20,29,33H,4-6,13-15,18H2,1-3H3,(H,30,35)/b32-23+. The lowest BCUT2D eigenvalue weighted by atomic mass is 10.1. The second kappa shape index (κ2) is 11.8. The average Bonchev–Trinajstić information content (AvgIpc) is 3.40. The molecule has 3 N–H and O–H groups in total. The molecule has 0 saturated carbocycles. The van der Waals surface area contributed by atoms with Crippen LogP contribution in [-0.2, 0) is 13.0 Å². The lowest BCUT2D eigenvalue weighted by Gasteiger charge is -2.06. The van der Waals surface area contributed by atoms with Gasteiger partial charge in [0.05, 0.1) is 17.1 Å². The molecule has 4 aromatic rings. The maximum Gasteiger partial charge on any atom is 0.341 e. The molecule has 184 valence electrons. The molecule has 0 aliphatic rings. The zero-order chi connectivity index (χ0) is 24.6. The fourth-order valence-electron chi connectivity index (χ4n) is 4.24. The van der Waals surface area contributed by atoms with Crippen molar-refractivity contribution < 1.29 is 4.79 Å². The summed E-state index contributed by atoms with van der Waals surface area (Å²) < 4.78 is 2.00. The van der Waals surface area contributed by atoms with Crippen LogP contribution in [0.2, 0.25) is 0 Å². The predicted molar refractivity (Wildman–Crippen MR) is 142 cm³/mol. The highest BCUT2D eigenvalue weighted by Crippen LogP contribution is 2.26. The summed E-state index contributed by atoms with van der Waals surface area (Å²) in [7, 11) is 0. The Hall–Kier alpha value is -3.45. The first-order valence-electron chi connectivity index (χ1n) is 12.6. The summed E-state index contributed by atoms with van der Waals surface area (Å²) in [6.45, 7) is 8.73. The van der Waals surface area contributed by atoms with Crippen LogP contribution in [-0.4, -0.2) is 33.9 Å². The number of benzene rings is 1. The number of amides is 2. The average molecular weight is 473 g/mol. The van der Waals surface area contributed by atoms with Crippen molar-refractivity contribution in [1.29, 1.82) is 0 Å². The number of carbonyl (C=O) groups excluding carboxylic acids is 1. The SMILES string of the molecule is CCCCCNC(=O)/N=c1\cccc2c(c1)[nH]c1c(CNCCc3cnn(C(C)C)c3)cccc12. The van der Waals surface area contributed by atoms with Crippen LogP contribution in [0.4, 0.5) is 4.79 Å². The minimum Gasteiger partial charge on any atom is -0.354 e. The second-order valence-corrected chi connectivity index (χ2v) is 9.29. The van der Waals surface area contributed by atoms with Gasteiger partial charge in [0.25, 0.3) is 0 Å². The Bertz CT molecular complexity index is 1350. The van der Waals surface area contributed by atoms with Crippen molar-refractivity contribution in [2.75, 3.05) is 13.1 Å². The summed E-state index contributed by atoms with van der Waals surface area (Å²) in [5, 5.41) is 13.8. The van der Waals surface area contributed by atoms with Crippen molar-refractivity contribution in [3.05, 3.63) is 71.3 Å². The first kappa shape index (κ1) is 24.7. The number of nitrogens with zero attached hydrogens (tertiary/aromatic N) is 3. The number of hydrogen-bond acceptors (Lipinski definition) is 3. The van der Waals surface area contributed by atoms with E-state index in [1.54, 1.807) is 0 Å². The van der Waals surface area contributed by atoms with Crippen molar-refractivity contribution >= 4 is 27.8 Å². The van der Waals surface area contributed by atoms with Gasteiger partial charge in [-0.05, 0) is 56.5 Å². The molecule has 0 bridgehead atoms. The van der Waals surface area contributed by atoms with Gasteiger partial charge in [-0.25, -0.2) is 4.79 Å². The van der Waals surface area contributed by atoms with Crippen LogP contribution in [0, 0.1) is 0 Å². The van der Waals surface area contributed by atoms with Crippen molar-refractivity contribution in [3.63, 3.8) is 0 Å². The fraction of sp³-hybridized carbons (Fsp3) is 0.393. The van der Waals surface area contributed by atoms with Crippen LogP contribution < -0.4 is 16.0 Å². The first-order valence-corrected chi connectivity index (χ1v) is 12.6. The van der Waals surface area contributed by atoms with Crippen LogP contribution in [0.1, 0.15) is 57.2 Å². The van der Waals surface area contributed by atoms with E-state index in [9.17, 15) is 4.79 Å². The molecule has 2 heterocycles. The molecular weight excluding hydrogens is 436 g/mol. The summed E-state index contributed by atoms with van der Waals surface area (Å²) in [5.41, 5.74) is 4.54. The molecule has 0 aliphatic heterocycles. The molecule has 7 nitrogen and oxygen atoms in total. The third kappa shape index (κ3) is 6.36. The number of hydrogen-bond donors (Lipinski definition) is 3. The molecular formula is C28H36N6O. The topological polar surface area (TPSA) is 87.1 Å². The molecule has 35 heavy (non-hydrogen) atoms. The van der Waals surface area contributed by atoms with Crippen molar-refractivity contribution in [3.8, 4) is 0 Å². The molecule has 2 aromatic heterocycles. The number of aromatic amines is 1. The molecule has 0 fully saturated rings. The van der Waals surface area contributed by atoms with Gasteiger partial charge in [-0.1, -0.05) is 50.1 Å². The zero-order valence-corrected chi connectivity index (χ0v) is 21.0. The number of aromatic nitrogens is 3. The highest BCUT2D eigenvalue weighted by atomic mass is 16.2. The van der Waals surface area contributed by atoms with E-state index in [2.05, 4.69) is 76.9 Å². The molecule has 0 unspecified atom stereocenters. The number of carbonyl (C=O) groups is 1. The van der Waals surface area contributed by atoms with E-state index in [1.807, 2.05) is 29.1 Å². The number of nitrogens with one attached hydrogen (secondary N) is 3. The van der Waals surface area contributed by atoms with Crippen LogP contribution in [0.25, 0.3) is 21.8 Å². The summed E-state index contributed by atoms with van der Waals surface area (Å²) in [6, 6.07) is 14.3. The molecule has 2 amide bonds. The van der Waals surface area contributed by atoms with E-state index in [0.717, 1.165) is 55.2 Å². The number of rotatable bonds is 10. The van der Waals surface area contributed by atoms with E-state index in [0.29, 0.717) is 17.9 Å². The monoisotopic (exact) mass is 472 g/mol. The Morgan fingerprint density at radius 2 is 1.94 bits per heavy atom. The smallest absolute Gasteiger partial charge is 0.341 e. The Labute approximate surface area is 206 Å². The largest absolute Gasteiger partial charge is 0.354 e. The van der Waals surface area contributed by atoms with Crippen molar-refractivity contribution in [1.82, 2.24) is 25.4 Å². The predicted octanol–water partition coefficient (Wildman–Crippen LogP) is 5.23. The van der Waals surface area contributed by atoms with E-state index < -0.39 is 0 Å². The lowest BCUT2D eigenvalue weighted by Crippen LogP contribution is -2.22. The third-order valence-corrected chi connectivity index (χ3v) is 6.19. The fourth-order valence-corrected chi connectivity index (χ4v) is 4.24. The Kier molecular flexibility index (Phi) is 8.32. The van der Waals surface area contributed by atoms with Gasteiger partial charge in [0.2, 0.25) is 0 Å². The van der Waals surface area contributed by atoms with Crippen LogP contribution in [0.5, 0.6) is 0 Å². The van der Waals surface area contributed by atoms with Gasteiger partial charge in [0.15, 0.2) is 0 Å². The minimum atomic E-state index is -0.291. The summed E-state index contributed by atoms with van der Waals surface area (Å²) >= 11 is 0. The molecule has 0 radical (unpaired) electrons. The van der Waals surface area contributed by atoms with Crippen LogP contribution >= 0.6 is 0 Å². The van der Waals surface area contributed by atoms with E-state index in [1.165, 1.54) is 16.5 Å². The van der Waals surface area contributed by atoms with Crippen LogP contribution in [0.15, 0.2) is 59.9 Å². The van der Waals surface area contributed by atoms with Crippen molar-refractivity contribution in [2.24, 2.45) is 4.99 Å². The molecule has 0 atom stereocenters. The van der Waals surface area contributed by atoms with Gasteiger partial charge in [-0.2, -0.15) is 10.1 Å². The number of fused-ring (bicyclic) bond motifs is 3. The number of unbranched alkanes of at least 4 members (excludes halogenated alkanes) is 2. The highest BCUT2D eigenvalue weighted by Gasteiger charge is 2.08. The Morgan fingerprint density at radius 1 is 1.11 bits per heavy atom. The maximum absolute atomic E-state index is 12.2. The minimum absolute atomic E-state index is 0.291. The van der Waals surface area contributed by atoms with Gasteiger partial charge in [-0.3, -0.25) is 4.68 Å². The maximum atomic E-state index is 12.2. The molecule has 0 aliphatic carbocycles. The van der Waals surface area contributed by atoms with E-state index >= 15 is 0 Å². The zero-order valence-electron chi connectivity index (χ0n) is 21.0. The van der Waals surface area contributed by atoms with Gasteiger partial charge >= 0.3 is 6.03 Å². The number of H-pyrrole nitrogens is 1. The Morgan fingerprint density at radius 3 is 2.74 bits per heavy atom. The van der Waals surface area contributed by atoms with Gasteiger partial charge in [-0.15, -0.1) is 0 Å².